The van der Waals surface area contributed by atoms with E-state index in [-0.39, 0.29) is 25.7 Å². The van der Waals surface area contributed by atoms with E-state index in [9.17, 15) is 43.2 Å². The first-order valence-electron chi connectivity index (χ1n) is 37.8. The van der Waals surface area contributed by atoms with Gasteiger partial charge in [-0.1, -0.05) is 312 Å². The van der Waals surface area contributed by atoms with Crippen LogP contribution in [0.25, 0.3) is 0 Å². The van der Waals surface area contributed by atoms with E-state index in [0.717, 1.165) is 114 Å². The fourth-order valence-corrected chi connectivity index (χ4v) is 12.5. The molecule has 3 N–H and O–H groups in total. The minimum Gasteiger partial charge on any atom is -0.462 e. The van der Waals surface area contributed by atoms with Gasteiger partial charge in [0.2, 0.25) is 0 Å². The highest BCUT2D eigenvalue weighted by molar-refractivity contribution is 7.47. The van der Waals surface area contributed by atoms with Crippen LogP contribution in [0.3, 0.4) is 0 Å². The molecular weight excluding hydrogens is 1210 g/mol. The highest BCUT2D eigenvalue weighted by Gasteiger charge is 2.30. The molecule has 0 heterocycles. The topological polar surface area (TPSA) is 237 Å². The van der Waals surface area contributed by atoms with Crippen LogP contribution >= 0.6 is 15.6 Å². The van der Waals surface area contributed by atoms with Crippen molar-refractivity contribution in [3.63, 3.8) is 0 Å². The molecule has 546 valence electrons. The quantitative estimate of drug-likeness (QED) is 0.0222. The predicted octanol–water partition coefficient (Wildman–Crippen LogP) is 20.9. The number of unbranched alkanes of at least 4 members (excludes halogenated alkanes) is 34. The third kappa shape index (κ3) is 64.1. The van der Waals surface area contributed by atoms with Crippen LogP contribution in [0.1, 0.15) is 364 Å². The molecule has 0 saturated carbocycles. The number of phosphoric acid groups is 2. The molecule has 19 heteroatoms. The standard InChI is InChI=1S/C73H142O17P2/c1-9-65(7)51-43-35-27-19-16-17-20-29-37-45-53-70(75)83-59-68(90-73(78)56-48-40-31-23-22-28-36-44-52-66(8)10-2)61-87-91(79,80)85-57-67(74)58-86-92(81,82)88-62-69(60-84-71(76)54-46-38-32-24-26-34-42-50-64(5)6)89-72(77)55-47-39-30-21-15-13-11-12-14-18-25-33-41-49-63(3)4/h63-69,74H,9-62H2,1-8H3,(H,79,80)(H,81,82)/t65?,66?,67?,68-,69-/m1/s1. The summed E-state index contributed by atoms with van der Waals surface area (Å²) in [5.74, 6) is 0.944. The Hall–Kier alpha value is -1.94. The maximum Gasteiger partial charge on any atom is 0.472 e. The molecule has 0 bridgehead atoms. The second-order valence-electron chi connectivity index (χ2n) is 27.8. The first-order chi connectivity index (χ1) is 44.2. The molecule has 17 nitrogen and oxygen atoms in total. The number of rotatable bonds is 70. The second kappa shape index (κ2) is 62.6. The van der Waals surface area contributed by atoms with Gasteiger partial charge in [0.05, 0.1) is 26.4 Å². The van der Waals surface area contributed by atoms with Gasteiger partial charge in [0.15, 0.2) is 12.2 Å². The van der Waals surface area contributed by atoms with Crippen molar-refractivity contribution in [2.24, 2.45) is 23.7 Å². The molecule has 0 saturated heterocycles. The van der Waals surface area contributed by atoms with E-state index in [2.05, 4.69) is 55.4 Å². The molecule has 92 heavy (non-hydrogen) atoms. The minimum absolute atomic E-state index is 0.104. The fourth-order valence-electron chi connectivity index (χ4n) is 11.0. The van der Waals surface area contributed by atoms with Crippen LogP contribution in [-0.2, 0) is 65.4 Å². The maximum absolute atomic E-state index is 13.0. The van der Waals surface area contributed by atoms with Crippen molar-refractivity contribution in [3.8, 4) is 0 Å². The summed E-state index contributed by atoms with van der Waals surface area (Å²) in [6.07, 6.45) is 45.7. The molecule has 0 aromatic rings. The Morgan fingerprint density at radius 2 is 0.522 bits per heavy atom. The molecule has 0 aliphatic carbocycles. The van der Waals surface area contributed by atoms with Crippen LogP contribution in [0.4, 0.5) is 0 Å². The lowest BCUT2D eigenvalue weighted by Gasteiger charge is -2.21. The molecule has 0 radical (unpaired) electrons. The van der Waals surface area contributed by atoms with Gasteiger partial charge >= 0.3 is 39.5 Å². The van der Waals surface area contributed by atoms with E-state index < -0.39 is 97.5 Å². The molecule has 0 rings (SSSR count). The average Bonchev–Trinajstić information content (AvgIpc) is 2.77. The lowest BCUT2D eigenvalue weighted by atomic mass is 9.99. The minimum atomic E-state index is -4.95. The normalized spacial score (nSPS) is 14.8. The van der Waals surface area contributed by atoms with Crippen LogP contribution in [0.2, 0.25) is 0 Å². The number of aliphatic hydroxyl groups is 1. The van der Waals surface area contributed by atoms with Crippen molar-refractivity contribution in [3.05, 3.63) is 0 Å². The largest absolute Gasteiger partial charge is 0.472 e. The number of esters is 4. The Balaban J connectivity index is 5.25. The van der Waals surface area contributed by atoms with Gasteiger partial charge in [0.1, 0.15) is 19.3 Å². The van der Waals surface area contributed by atoms with Crippen LogP contribution in [0, 0.1) is 23.7 Å². The Kier molecular flexibility index (Phi) is 61.3. The summed E-state index contributed by atoms with van der Waals surface area (Å²) in [7, 11) is -9.91. The van der Waals surface area contributed by atoms with Crippen LogP contribution in [-0.4, -0.2) is 96.7 Å². The average molecular weight is 1350 g/mol. The molecule has 0 aliphatic heterocycles. The number of phosphoric ester groups is 2. The van der Waals surface area contributed by atoms with Crippen molar-refractivity contribution < 1.29 is 80.2 Å². The van der Waals surface area contributed by atoms with E-state index in [1.165, 1.54) is 161 Å². The third-order valence-electron chi connectivity index (χ3n) is 17.5. The summed E-state index contributed by atoms with van der Waals surface area (Å²) in [6.45, 7) is 14.2. The molecule has 0 aliphatic rings. The van der Waals surface area contributed by atoms with E-state index in [1.807, 2.05) is 0 Å². The van der Waals surface area contributed by atoms with Crippen LogP contribution < -0.4 is 0 Å². The van der Waals surface area contributed by atoms with Gasteiger partial charge in [-0.15, -0.1) is 0 Å². The predicted molar refractivity (Wildman–Crippen MR) is 372 cm³/mol. The monoisotopic (exact) mass is 1350 g/mol. The zero-order valence-electron chi connectivity index (χ0n) is 60.2. The van der Waals surface area contributed by atoms with E-state index in [0.29, 0.717) is 31.6 Å². The molecule has 0 aromatic carbocycles. The molecule has 0 aromatic heterocycles. The first kappa shape index (κ1) is 90.1. The molecule has 7 atom stereocenters. The highest BCUT2D eigenvalue weighted by Crippen LogP contribution is 2.45. The van der Waals surface area contributed by atoms with Crippen molar-refractivity contribution in [1.82, 2.24) is 0 Å². The molecule has 5 unspecified atom stereocenters. The van der Waals surface area contributed by atoms with E-state index in [1.54, 1.807) is 0 Å². The molecule has 0 spiro atoms. The Morgan fingerprint density at radius 1 is 0.304 bits per heavy atom. The fraction of sp³-hybridized carbons (Fsp3) is 0.945. The van der Waals surface area contributed by atoms with Crippen molar-refractivity contribution in [2.45, 2.75) is 382 Å². The van der Waals surface area contributed by atoms with Gasteiger partial charge in [-0.25, -0.2) is 9.13 Å². The summed E-state index contributed by atoms with van der Waals surface area (Å²) in [4.78, 5) is 72.7. The molecule has 0 amide bonds. The van der Waals surface area contributed by atoms with Crippen LogP contribution in [0.15, 0.2) is 0 Å². The second-order valence-corrected chi connectivity index (χ2v) is 30.7. The van der Waals surface area contributed by atoms with E-state index in [4.69, 9.17) is 37.0 Å². The Labute approximate surface area is 562 Å². The van der Waals surface area contributed by atoms with Gasteiger partial charge in [0, 0.05) is 25.7 Å². The number of hydrogen-bond acceptors (Lipinski definition) is 15. The number of carbonyl (C=O) groups excluding carboxylic acids is 4. The SMILES string of the molecule is CCC(C)CCCCCCCCCCCCC(=O)OC[C@H](COP(=O)(O)OCC(O)COP(=O)(O)OC[C@@H](COC(=O)CCCCCCCCCC(C)C)OC(=O)CCCCCCCCCCCCCCCC(C)C)OC(=O)CCCCCCCCCCC(C)CC. The first-order valence-corrected chi connectivity index (χ1v) is 40.8. The molecular formula is C73H142O17P2. The smallest absolute Gasteiger partial charge is 0.462 e. The number of carbonyl (C=O) groups is 4. The lowest BCUT2D eigenvalue weighted by molar-refractivity contribution is -0.161. The van der Waals surface area contributed by atoms with Crippen LogP contribution in [0.5, 0.6) is 0 Å². The lowest BCUT2D eigenvalue weighted by Crippen LogP contribution is -2.30. The number of aliphatic hydroxyl groups excluding tert-OH is 1. The zero-order valence-corrected chi connectivity index (χ0v) is 62.0. The summed E-state index contributed by atoms with van der Waals surface area (Å²) in [5, 5.41) is 10.6. The van der Waals surface area contributed by atoms with E-state index >= 15 is 0 Å². The van der Waals surface area contributed by atoms with Crippen molar-refractivity contribution in [2.75, 3.05) is 39.6 Å². The van der Waals surface area contributed by atoms with Crippen molar-refractivity contribution in [1.29, 1.82) is 0 Å². The van der Waals surface area contributed by atoms with Gasteiger partial charge in [-0.05, 0) is 49.4 Å². The summed E-state index contributed by atoms with van der Waals surface area (Å²) >= 11 is 0. The van der Waals surface area contributed by atoms with Gasteiger partial charge in [0.25, 0.3) is 0 Å². The number of hydrogen-bond donors (Lipinski definition) is 3. The zero-order chi connectivity index (χ0) is 68.2. The Bertz CT molecular complexity index is 1820. The van der Waals surface area contributed by atoms with Gasteiger partial charge in [-0.3, -0.25) is 37.3 Å². The summed E-state index contributed by atoms with van der Waals surface area (Å²) in [5.41, 5.74) is 0. The summed E-state index contributed by atoms with van der Waals surface area (Å²) < 4.78 is 68.4. The van der Waals surface area contributed by atoms with Gasteiger partial charge < -0.3 is 33.8 Å². The van der Waals surface area contributed by atoms with Crippen molar-refractivity contribution >= 4 is 39.5 Å². The number of ether oxygens (including phenoxy) is 4. The highest BCUT2D eigenvalue weighted by atomic mass is 31.2. The third-order valence-corrected chi connectivity index (χ3v) is 19.4. The Morgan fingerprint density at radius 3 is 0.772 bits per heavy atom. The maximum atomic E-state index is 13.0. The molecule has 0 fully saturated rings. The summed E-state index contributed by atoms with van der Waals surface area (Å²) in [6, 6.07) is 0. The van der Waals surface area contributed by atoms with Gasteiger partial charge in [-0.2, -0.15) is 0 Å².